The minimum absolute atomic E-state index is 0.570. The van der Waals surface area contributed by atoms with Crippen molar-refractivity contribution in [1.29, 1.82) is 0 Å². The molecule has 0 amide bonds. The Bertz CT molecular complexity index is 383. The second kappa shape index (κ2) is 7.09. The van der Waals surface area contributed by atoms with Crippen LogP contribution in [-0.2, 0) is 6.42 Å². The van der Waals surface area contributed by atoms with E-state index in [0.29, 0.717) is 6.04 Å². The normalized spacial score (nSPS) is 23.2. The number of nitrogens with one attached hydrogen (secondary N) is 1. The molecule has 19 heavy (non-hydrogen) atoms. The van der Waals surface area contributed by atoms with Crippen molar-refractivity contribution < 1.29 is 0 Å². The fraction of sp³-hybridized carbons (Fsp3) is 0.667. The summed E-state index contributed by atoms with van der Waals surface area (Å²) in [6, 6.07) is 9.64. The largest absolute Gasteiger partial charge is 0.310 e. The van der Waals surface area contributed by atoms with Gasteiger partial charge in [-0.15, -0.1) is 0 Å². The molecule has 0 fully saturated rings. The summed E-state index contributed by atoms with van der Waals surface area (Å²) in [5.41, 5.74) is 3.14. The van der Waals surface area contributed by atoms with Crippen LogP contribution in [0.15, 0.2) is 24.3 Å². The first-order chi connectivity index (χ1) is 9.22. The summed E-state index contributed by atoms with van der Waals surface area (Å²) in [6.45, 7) is 8.10. The first kappa shape index (κ1) is 14.6. The Morgan fingerprint density at radius 3 is 2.79 bits per heavy atom. The molecule has 1 N–H and O–H groups in total. The molecule has 0 saturated carbocycles. The van der Waals surface area contributed by atoms with Gasteiger partial charge in [-0.1, -0.05) is 45.0 Å². The van der Waals surface area contributed by atoms with E-state index in [4.69, 9.17) is 0 Å². The van der Waals surface area contributed by atoms with E-state index in [9.17, 15) is 0 Å². The van der Waals surface area contributed by atoms with Crippen molar-refractivity contribution in [3.63, 3.8) is 0 Å². The average Bonchev–Trinajstić information content (AvgIpc) is 2.55. The van der Waals surface area contributed by atoms with E-state index in [1.165, 1.54) is 32.1 Å². The van der Waals surface area contributed by atoms with Gasteiger partial charge in [-0.25, -0.2) is 0 Å². The smallest absolute Gasteiger partial charge is 0.0351 e. The number of rotatable bonds is 5. The summed E-state index contributed by atoms with van der Waals surface area (Å²) in [6.07, 6.45) is 6.53. The number of aryl methyl sites for hydroxylation is 1. The fourth-order valence-corrected chi connectivity index (χ4v) is 3.48. The van der Waals surface area contributed by atoms with Gasteiger partial charge >= 0.3 is 0 Å². The maximum atomic E-state index is 3.82. The number of benzene rings is 1. The van der Waals surface area contributed by atoms with Crippen LogP contribution in [0.1, 0.15) is 63.6 Å². The summed E-state index contributed by atoms with van der Waals surface area (Å²) in [5.74, 6) is 1.59. The second-order valence-electron chi connectivity index (χ2n) is 6.41. The predicted octanol–water partition coefficient (Wildman–Crippen LogP) is 4.73. The molecule has 0 radical (unpaired) electrons. The van der Waals surface area contributed by atoms with Crippen LogP contribution in [0.2, 0.25) is 0 Å². The van der Waals surface area contributed by atoms with Gasteiger partial charge < -0.3 is 5.32 Å². The van der Waals surface area contributed by atoms with Gasteiger partial charge in [0.15, 0.2) is 0 Å². The van der Waals surface area contributed by atoms with E-state index in [2.05, 4.69) is 50.4 Å². The lowest BCUT2D eigenvalue weighted by Crippen LogP contribution is -2.29. The molecular formula is C18H29N. The first-order valence-electron chi connectivity index (χ1n) is 8.03. The highest BCUT2D eigenvalue weighted by Gasteiger charge is 2.27. The molecule has 1 heteroatoms. The van der Waals surface area contributed by atoms with Gasteiger partial charge in [0, 0.05) is 6.04 Å². The van der Waals surface area contributed by atoms with Crippen LogP contribution >= 0.6 is 0 Å². The molecule has 0 aromatic heterocycles. The Kier molecular flexibility index (Phi) is 5.45. The molecule has 106 valence electrons. The molecule has 2 rings (SSSR count). The van der Waals surface area contributed by atoms with Gasteiger partial charge in [0.05, 0.1) is 0 Å². The van der Waals surface area contributed by atoms with Crippen LogP contribution < -0.4 is 5.32 Å². The minimum Gasteiger partial charge on any atom is -0.310 e. The second-order valence-corrected chi connectivity index (χ2v) is 6.41. The zero-order chi connectivity index (χ0) is 13.7. The van der Waals surface area contributed by atoms with Gasteiger partial charge in [-0.2, -0.15) is 0 Å². The Balaban J connectivity index is 2.24. The van der Waals surface area contributed by atoms with E-state index >= 15 is 0 Å². The summed E-state index contributed by atoms with van der Waals surface area (Å²) < 4.78 is 0. The van der Waals surface area contributed by atoms with Crippen molar-refractivity contribution in [3.8, 4) is 0 Å². The van der Waals surface area contributed by atoms with Crippen molar-refractivity contribution in [2.45, 2.75) is 58.9 Å². The molecule has 1 aliphatic carbocycles. The molecule has 2 atom stereocenters. The summed E-state index contributed by atoms with van der Waals surface area (Å²) in [4.78, 5) is 0. The highest BCUT2D eigenvalue weighted by atomic mass is 14.9. The van der Waals surface area contributed by atoms with Crippen LogP contribution in [-0.4, -0.2) is 6.54 Å². The summed E-state index contributed by atoms with van der Waals surface area (Å²) in [7, 11) is 0. The standard InChI is InChI=1S/C18H29N/c1-4-12-19-18-16(13-14(2)3)10-7-9-15-8-5-6-11-17(15)18/h5-6,8,11,14,16,18-19H,4,7,9-10,12-13H2,1-3H3. The van der Waals surface area contributed by atoms with Crippen LogP contribution in [0.4, 0.5) is 0 Å². The van der Waals surface area contributed by atoms with E-state index < -0.39 is 0 Å². The van der Waals surface area contributed by atoms with E-state index in [-0.39, 0.29) is 0 Å². The number of fused-ring (bicyclic) bond motifs is 1. The van der Waals surface area contributed by atoms with E-state index in [1.807, 2.05) is 0 Å². The zero-order valence-corrected chi connectivity index (χ0v) is 12.8. The molecular weight excluding hydrogens is 230 g/mol. The molecule has 0 aliphatic heterocycles. The van der Waals surface area contributed by atoms with Gasteiger partial charge in [-0.05, 0) is 61.6 Å². The Hall–Kier alpha value is -0.820. The number of hydrogen-bond acceptors (Lipinski definition) is 1. The molecule has 1 aromatic carbocycles. The molecule has 2 unspecified atom stereocenters. The fourth-order valence-electron chi connectivity index (χ4n) is 3.48. The number of hydrogen-bond donors (Lipinski definition) is 1. The molecule has 0 spiro atoms. The van der Waals surface area contributed by atoms with Crippen LogP contribution in [0.3, 0.4) is 0 Å². The van der Waals surface area contributed by atoms with Crippen LogP contribution in [0, 0.1) is 11.8 Å². The maximum absolute atomic E-state index is 3.82. The van der Waals surface area contributed by atoms with Gasteiger partial charge in [0.25, 0.3) is 0 Å². The molecule has 1 nitrogen and oxygen atoms in total. The van der Waals surface area contributed by atoms with Crippen LogP contribution in [0.5, 0.6) is 0 Å². The van der Waals surface area contributed by atoms with E-state index in [1.54, 1.807) is 11.1 Å². The third-order valence-electron chi connectivity index (χ3n) is 4.27. The van der Waals surface area contributed by atoms with Crippen LogP contribution in [0.25, 0.3) is 0 Å². The lowest BCUT2D eigenvalue weighted by Gasteiger charge is -2.29. The molecule has 0 heterocycles. The molecule has 0 saturated heterocycles. The van der Waals surface area contributed by atoms with Crippen molar-refractivity contribution in [2.24, 2.45) is 11.8 Å². The molecule has 0 bridgehead atoms. The van der Waals surface area contributed by atoms with Gasteiger partial charge in [0.1, 0.15) is 0 Å². The highest BCUT2D eigenvalue weighted by molar-refractivity contribution is 5.31. The van der Waals surface area contributed by atoms with Crippen molar-refractivity contribution in [2.75, 3.05) is 6.54 Å². The van der Waals surface area contributed by atoms with Crippen molar-refractivity contribution in [1.82, 2.24) is 5.32 Å². The maximum Gasteiger partial charge on any atom is 0.0351 e. The topological polar surface area (TPSA) is 12.0 Å². The molecule has 1 aromatic rings. The SMILES string of the molecule is CCCNC1c2ccccc2CCCC1CC(C)C. The summed E-state index contributed by atoms with van der Waals surface area (Å²) in [5, 5.41) is 3.82. The zero-order valence-electron chi connectivity index (χ0n) is 12.8. The Morgan fingerprint density at radius 2 is 2.05 bits per heavy atom. The Morgan fingerprint density at radius 1 is 1.26 bits per heavy atom. The summed E-state index contributed by atoms with van der Waals surface area (Å²) >= 11 is 0. The lowest BCUT2D eigenvalue weighted by molar-refractivity contribution is 0.291. The van der Waals surface area contributed by atoms with Crippen molar-refractivity contribution >= 4 is 0 Å². The first-order valence-corrected chi connectivity index (χ1v) is 8.03. The van der Waals surface area contributed by atoms with Gasteiger partial charge in [0.2, 0.25) is 0 Å². The predicted molar refractivity (Wildman–Crippen MR) is 83.4 cm³/mol. The lowest BCUT2D eigenvalue weighted by atomic mass is 9.84. The monoisotopic (exact) mass is 259 g/mol. The Labute approximate surface area is 118 Å². The van der Waals surface area contributed by atoms with E-state index in [0.717, 1.165) is 18.4 Å². The third kappa shape index (κ3) is 3.82. The van der Waals surface area contributed by atoms with Crippen molar-refractivity contribution in [3.05, 3.63) is 35.4 Å². The molecule has 1 aliphatic rings. The third-order valence-corrected chi connectivity index (χ3v) is 4.27. The minimum atomic E-state index is 0.570. The highest BCUT2D eigenvalue weighted by Crippen LogP contribution is 2.36. The van der Waals surface area contributed by atoms with Gasteiger partial charge in [-0.3, -0.25) is 0 Å². The average molecular weight is 259 g/mol. The quantitative estimate of drug-likeness (QED) is 0.754.